The van der Waals surface area contributed by atoms with Crippen LogP contribution in [0.15, 0.2) is 18.2 Å². The molecule has 1 aliphatic rings. The fourth-order valence-corrected chi connectivity index (χ4v) is 2.85. The molecule has 19 heavy (non-hydrogen) atoms. The summed E-state index contributed by atoms with van der Waals surface area (Å²) in [6.45, 7) is 0. The lowest BCUT2D eigenvalue weighted by molar-refractivity contribution is 0.0201. The normalized spacial score (nSPS) is 23.1. The van der Waals surface area contributed by atoms with E-state index in [9.17, 15) is 0 Å². The van der Waals surface area contributed by atoms with E-state index in [1.807, 2.05) is 18.2 Å². The van der Waals surface area contributed by atoms with E-state index in [0.717, 1.165) is 42.5 Å². The molecule has 0 bridgehead atoms. The molecule has 0 radical (unpaired) electrons. The molecule has 0 N–H and O–H groups in total. The predicted octanol–water partition coefficient (Wildman–Crippen LogP) is 3.93. The van der Waals surface area contributed by atoms with Crippen LogP contribution >= 0.6 is 15.9 Å². The highest BCUT2D eigenvalue weighted by Crippen LogP contribution is 2.32. The molecule has 2 atom stereocenters. The van der Waals surface area contributed by atoms with Crippen LogP contribution in [0.3, 0.4) is 0 Å². The van der Waals surface area contributed by atoms with Crippen LogP contribution < -0.4 is 9.47 Å². The number of benzene rings is 1. The van der Waals surface area contributed by atoms with Crippen LogP contribution in [-0.4, -0.2) is 26.4 Å². The van der Waals surface area contributed by atoms with E-state index in [1.54, 1.807) is 14.2 Å². The molecule has 0 amide bonds. The van der Waals surface area contributed by atoms with Crippen molar-refractivity contribution in [3.8, 4) is 11.5 Å². The van der Waals surface area contributed by atoms with Gasteiger partial charge in [-0.2, -0.15) is 0 Å². The summed E-state index contributed by atoms with van der Waals surface area (Å²) in [6.07, 6.45) is 4.88. The second kappa shape index (κ2) is 7.15. The summed E-state index contributed by atoms with van der Waals surface area (Å²) in [5.41, 5.74) is 1.19. The third kappa shape index (κ3) is 3.86. The Morgan fingerprint density at radius 2 is 1.95 bits per heavy atom. The number of halogens is 1. The minimum Gasteiger partial charge on any atom is -0.493 e. The van der Waals surface area contributed by atoms with Crippen molar-refractivity contribution >= 4 is 15.9 Å². The summed E-state index contributed by atoms with van der Waals surface area (Å²) >= 11 is 3.47. The van der Waals surface area contributed by atoms with Gasteiger partial charge >= 0.3 is 0 Å². The van der Waals surface area contributed by atoms with E-state index >= 15 is 0 Å². The second-order valence-corrected chi connectivity index (χ2v) is 5.44. The smallest absolute Gasteiger partial charge is 0.161 e. The molecule has 1 aromatic carbocycles. The first-order valence-corrected chi connectivity index (χ1v) is 7.81. The van der Waals surface area contributed by atoms with Crippen LogP contribution in [0.25, 0.3) is 0 Å². The topological polar surface area (TPSA) is 27.7 Å². The molecule has 106 valence electrons. The largest absolute Gasteiger partial charge is 0.493 e. The van der Waals surface area contributed by atoms with Gasteiger partial charge in [-0.1, -0.05) is 22.0 Å². The van der Waals surface area contributed by atoms with Crippen molar-refractivity contribution in [2.45, 2.75) is 43.2 Å². The Balaban J connectivity index is 2.08. The molecule has 2 unspecified atom stereocenters. The first-order valence-electron chi connectivity index (χ1n) is 6.69. The molecule has 1 saturated carbocycles. The quantitative estimate of drug-likeness (QED) is 0.766. The minimum atomic E-state index is 0.221. The highest BCUT2D eigenvalue weighted by molar-refractivity contribution is 9.08. The summed E-state index contributed by atoms with van der Waals surface area (Å²) in [7, 11) is 3.45. The number of ether oxygens (including phenoxy) is 3. The molecule has 0 aliphatic heterocycles. The second-order valence-electron chi connectivity index (χ2n) is 4.88. The highest BCUT2D eigenvalue weighted by Gasteiger charge is 2.24. The van der Waals surface area contributed by atoms with Gasteiger partial charge in [-0.05, 0) is 37.0 Å². The van der Waals surface area contributed by atoms with Gasteiger partial charge in [-0.15, -0.1) is 0 Å². The van der Waals surface area contributed by atoms with E-state index < -0.39 is 0 Å². The Morgan fingerprint density at radius 3 is 2.63 bits per heavy atom. The van der Waals surface area contributed by atoms with Crippen LogP contribution in [0.5, 0.6) is 11.5 Å². The number of hydrogen-bond donors (Lipinski definition) is 0. The average Bonchev–Trinajstić information content (AvgIpc) is 2.47. The lowest BCUT2D eigenvalue weighted by atomic mass is 9.95. The Hall–Kier alpha value is -0.740. The fraction of sp³-hybridized carbons (Fsp3) is 0.600. The highest BCUT2D eigenvalue weighted by atomic mass is 79.9. The maximum atomic E-state index is 6.13. The molecule has 2 rings (SSSR count). The van der Waals surface area contributed by atoms with Gasteiger partial charge in [0, 0.05) is 18.9 Å². The zero-order valence-electron chi connectivity index (χ0n) is 11.5. The number of rotatable bonds is 5. The van der Waals surface area contributed by atoms with Crippen LogP contribution in [0.4, 0.5) is 0 Å². The molecule has 0 aromatic heterocycles. The fourth-order valence-electron chi connectivity index (χ4n) is 2.50. The molecule has 0 heterocycles. The van der Waals surface area contributed by atoms with Crippen molar-refractivity contribution in [3.05, 3.63) is 23.8 Å². The SMILES string of the molecule is COc1ccc(CBr)cc1OC1CCCC(OC)C1. The van der Waals surface area contributed by atoms with Crippen molar-refractivity contribution in [1.82, 2.24) is 0 Å². The van der Waals surface area contributed by atoms with Gasteiger partial charge < -0.3 is 14.2 Å². The van der Waals surface area contributed by atoms with E-state index in [4.69, 9.17) is 14.2 Å². The predicted molar refractivity (Wildman–Crippen MR) is 79.3 cm³/mol. The molecule has 1 fully saturated rings. The number of hydrogen-bond acceptors (Lipinski definition) is 3. The summed E-state index contributed by atoms with van der Waals surface area (Å²) in [4.78, 5) is 0. The van der Waals surface area contributed by atoms with E-state index in [2.05, 4.69) is 15.9 Å². The van der Waals surface area contributed by atoms with Crippen LogP contribution in [-0.2, 0) is 10.1 Å². The number of methoxy groups -OCH3 is 2. The van der Waals surface area contributed by atoms with E-state index in [-0.39, 0.29) is 6.10 Å². The Morgan fingerprint density at radius 1 is 1.16 bits per heavy atom. The van der Waals surface area contributed by atoms with Crippen LogP contribution in [0.2, 0.25) is 0 Å². The lowest BCUT2D eigenvalue weighted by Crippen LogP contribution is -2.29. The molecule has 1 aromatic rings. The van der Waals surface area contributed by atoms with Gasteiger partial charge in [0.05, 0.1) is 13.2 Å². The molecule has 1 aliphatic carbocycles. The Labute approximate surface area is 123 Å². The minimum absolute atomic E-state index is 0.221. The maximum absolute atomic E-state index is 6.13. The summed E-state index contributed by atoms with van der Waals surface area (Å²) in [6, 6.07) is 6.05. The van der Waals surface area contributed by atoms with Gasteiger partial charge in [0.1, 0.15) is 6.10 Å². The molecular weight excluding hydrogens is 308 g/mol. The average molecular weight is 329 g/mol. The molecule has 0 spiro atoms. The van der Waals surface area contributed by atoms with Crippen molar-refractivity contribution in [2.24, 2.45) is 0 Å². The molecular formula is C15H21BrO3. The molecule has 0 saturated heterocycles. The first-order chi connectivity index (χ1) is 9.26. The monoisotopic (exact) mass is 328 g/mol. The van der Waals surface area contributed by atoms with E-state index in [0.29, 0.717) is 6.10 Å². The van der Waals surface area contributed by atoms with Gasteiger partial charge in [-0.25, -0.2) is 0 Å². The maximum Gasteiger partial charge on any atom is 0.161 e. The third-order valence-electron chi connectivity index (χ3n) is 3.59. The van der Waals surface area contributed by atoms with Gasteiger partial charge in [0.2, 0.25) is 0 Å². The number of alkyl halides is 1. The van der Waals surface area contributed by atoms with Gasteiger partial charge in [-0.3, -0.25) is 0 Å². The summed E-state index contributed by atoms with van der Waals surface area (Å²) in [5, 5.41) is 0.818. The summed E-state index contributed by atoms with van der Waals surface area (Å²) in [5.74, 6) is 1.63. The van der Waals surface area contributed by atoms with Crippen molar-refractivity contribution in [1.29, 1.82) is 0 Å². The zero-order valence-corrected chi connectivity index (χ0v) is 13.1. The van der Waals surface area contributed by atoms with E-state index in [1.165, 1.54) is 5.56 Å². The van der Waals surface area contributed by atoms with Crippen molar-refractivity contribution in [3.63, 3.8) is 0 Å². The standard InChI is InChI=1S/C15H21BrO3/c1-17-12-4-3-5-13(9-12)19-15-8-11(10-16)6-7-14(15)18-2/h6-8,12-13H,3-5,9-10H2,1-2H3. The van der Waals surface area contributed by atoms with Crippen LogP contribution in [0.1, 0.15) is 31.2 Å². The summed E-state index contributed by atoms with van der Waals surface area (Å²) < 4.78 is 16.9. The Kier molecular flexibility index (Phi) is 5.52. The Bertz CT molecular complexity index is 408. The first kappa shape index (κ1) is 14.7. The molecule has 4 heteroatoms. The van der Waals surface area contributed by atoms with Crippen molar-refractivity contribution < 1.29 is 14.2 Å². The van der Waals surface area contributed by atoms with Gasteiger partial charge in [0.25, 0.3) is 0 Å². The van der Waals surface area contributed by atoms with Crippen LogP contribution in [0, 0.1) is 0 Å². The zero-order chi connectivity index (χ0) is 13.7. The third-order valence-corrected chi connectivity index (χ3v) is 4.23. The van der Waals surface area contributed by atoms with Gasteiger partial charge in [0.15, 0.2) is 11.5 Å². The lowest BCUT2D eigenvalue weighted by Gasteiger charge is -2.29. The molecule has 3 nitrogen and oxygen atoms in total. The van der Waals surface area contributed by atoms with Crippen molar-refractivity contribution in [2.75, 3.05) is 14.2 Å².